The Hall–Kier alpha value is -2.10. The summed E-state index contributed by atoms with van der Waals surface area (Å²) in [5.41, 5.74) is 1.96. The van der Waals surface area contributed by atoms with Gasteiger partial charge in [0.15, 0.2) is 17.4 Å². The van der Waals surface area contributed by atoms with Crippen LogP contribution in [0.2, 0.25) is 0 Å². The fraction of sp³-hybridized carbons (Fsp3) is 0.571. The lowest BCUT2D eigenvalue weighted by Crippen LogP contribution is -2.17. The number of hydrogen-bond acceptors (Lipinski definition) is 2. The molecule has 0 radical (unpaired) electrons. The molecule has 0 saturated heterocycles. The second kappa shape index (κ2) is 10.2. The van der Waals surface area contributed by atoms with Crippen LogP contribution in [0, 0.1) is 11.6 Å². The van der Waals surface area contributed by atoms with Crippen LogP contribution < -0.4 is 4.74 Å². The summed E-state index contributed by atoms with van der Waals surface area (Å²) in [6, 6.07) is 6.31. The SMILES string of the molecule is CCCCCC[C@H](C)Oc1c(F)cc(-c2cc(C(C)(C)C)c(O)c(C(C)(C)C)c2)cc1F. The van der Waals surface area contributed by atoms with Gasteiger partial charge < -0.3 is 9.84 Å². The molecule has 0 amide bonds. The van der Waals surface area contributed by atoms with Gasteiger partial charge in [-0.2, -0.15) is 0 Å². The molecule has 32 heavy (non-hydrogen) atoms. The lowest BCUT2D eigenvalue weighted by Gasteiger charge is -2.28. The van der Waals surface area contributed by atoms with E-state index in [9.17, 15) is 13.9 Å². The maximum atomic E-state index is 14.9. The van der Waals surface area contributed by atoms with Gasteiger partial charge in [-0.1, -0.05) is 67.7 Å². The first-order valence-corrected chi connectivity index (χ1v) is 11.8. The largest absolute Gasteiger partial charge is 0.507 e. The minimum Gasteiger partial charge on any atom is -0.507 e. The third-order valence-corrected chi connectivity index (χ3v) is 5.84. The van der Waals surface area contributed by atoms with E-state index in [1.807, 2.05) is 60.6 Å². The number of unbranched alkanes of at least 4 members (excludes halogenated alkanes) is 3. The zero-order valence-corrected chi connectivity index (χ0v) is 21.0. The molecule has 2 rings (SSSR count). The van der Waals surface area contributed by atoms with E-state index in [-0.39, 0.29) is 28.4 Å². The summed E-state index contributed by atoms with van der Waals surface area (Å²) >= 11 is 0. The normalized spacial score (nSPS) is 13.3. The molecule has 0 aromatic heterocycles. The molecule has 0 aliphatic rings. The molecule has 0 unspecified atom stereocenters. The molecule has 1 atom stereocenters. The van der Waals surface area contributed by atoms with Crippen LogP contribution in [0.25, 0.3) is 11.1 Å². The summed E-state index contributed by atoms with van der Waals surface area (Å²) in [4.78, 5) is 0. The number of benzene rings is 2. The van der Waals surface area contributed by atoms with E-state index in [1.165, 1.54) is 12.1 Å². The highest BCUT2D eigenvalue weighted by Gasteiger charge is 2.27. The summed E-state index contributed by atoms with van der Waals surface area (Å²) in [5, 5.41) is 10.9. The smallest absolute Gasteiger partial charge is 0.191 e. The number of phenols is 1. The molecule has 0 fully saturated rings. The summed E-state index contributed by atoms with van der Waals surface area (Å²) < 4.78 is 35.5. The summed E-state index contributed by atoms with van der Waals surface area (Å²) in [6.45, 7) is 16.1. The van der Waals surface area contributed by atoms with E-state index in [0.717, 1.165) is 43.2 Å². The zero-order chi connectivity index (χ0) is 24.3. The van der Waals surface area contributed by atoms with E-state index in [1.54, 1.807) is 0 Å². The van der Waals surface area contributed by atoms with Crippen molar-refractivity contribution in [2.24, 2.45) is 0 Å². The fourth-order valence-corrected chi connectivity index (χ4v) is 3.90. The van der Waals surface area contributed by atoms with Crippen LogP contribution in [-0.4, -0.2) is 11.2 Å². The van der Waals surface area contributed by atoms with E-state index >= 15 is 0 Å². The van der Waals surface area contributed by atoms with Crippen LogP contribution in [0.4, 0.5) is 8.78 Å². The molecular weight excluding hydrogens is 406 g/mol. The maximum absolute atomic E-state index is 14.9. The standard InChI is InChI=1S/C28H40F2O2/c1-9-10-11-12-13-18(2)32-26-23(29)16-20(17-24(26)30)19-14-21(27(3,4)5)25(31)22(15-19)28(6,7)8/h14-18,31H,9-13H2,1-8H3/t18-/m0/s1. The van der Waals surface area contributed by atoms with Crippen molar-refractivity contribution in [2.45, 2.75) is 104 Å². The Kier molecular flexibility index (Phi) is 8.36. The van der Waals surface area contributed by atoms with Crippen molar-refractivity contribution < 1.29 is 18.6 Å². The van der Waals surface area contributed by atoms with Gasteiger partial charge in [0.2, 0.25) is 0 Å². The van der Waals surface area contributed by atoms with Crippen LogP contribution in [0.5, 0.6) is 11.5 Å². The van der Waals surface area contributed by atoms with Gasteiger partial charge in [-0.3, -0.25) is 0 Å². The van der Waals surface area contributed by atoms with Crippen LogP contribution in [0.15, 0.2) is 24.3 Å². The van der Waals surface area contributed by atoms with Gasteiger partial charge in [0.1, 0.15) is 5.75 Å². The quantitative estimate of drug-likeness (QED) is 0.411. The Bertz CT molecular complexity index is 862. The minimum absolute atomic E-state index is 0.242. The number of halogens is 2. The number of aromatic hydroxyl groups is 1. The van der Waals surface area contributed by atoms with Gasteiger partial charge in [0.25, 0.3) is 0 Å². The van der Waals surface area contributed by atoms with E-state index in [4.69, 9.17) is 4.74 Å². The second-order valence-corrected chi connectivity index (χ2v) is 11.0. The van der Waals surface area contributed by atoms with Gasteiger partial charge in [-0.15, -0.1) is 0 Å². The average molecular weight is 447 g/mol. The molecule has 2 aromatic carbocycles. The summed E-state index contributed by atoms with van der Waals surface area (Å²) in [5.74, 6) is -1.49. The first-order chi connectivity index (χ1) is 14.8. The molecule has 0 spiro atoms. The Morgan fingerprint density at radius 3 is 1.72 bits per heavy atom. The van der Waals surface area contributed by atoms with Crippen molar-refractivity contribution in [3.63, 3.8) is 0 Å². The van der Waals surface area contributed by atoms with E-state index in [2.05, 4.69) is 6.92 Å². The predicted molar refractivity (Wildman–Crippen MR) is 130 cm³/mol. The lowest BCUT2D eigenvalue weighted by atomic mass is 9.78. The minimum atomic E-state index is -0.705. The van der Waals surface area contributed by atoms with Crippen molar-refractivity contribution >= 4 is 0 Å². The third-order valence-electron chi connectivity index (χ3n) is 5.84. The molecule has 0 heterocycles. The first-order valence-electron chi connectivity index (χ1n) is 11.8. The second-order valence-electron chi connectivity index (χ2n) is 11.0. The monoisotopic (exact) mass is 446 g/mol. The van der Waals surface area contributed by atoms with Crippen molar-refractivity contribution in [2.75, 3.05) is 0 Å². The molecule has 0 saturated carbocycles. The highest BCUT2D eigenvalue weighted by atomic mass is 19.1. The van der Waals surface area contributed by atoms with E-state index < -0.39 is 11.6 Å². The van der Waals surface area contributed by atoms with Gasteiger partial charge in [-0.25, -0.2) is 8.78 Å². The predicted octanol–water partition coefficient (Wildman–Crippen LogP) is 8.67. The van der Waals surface area contributed by atoms with Crippen molar-refractivity contribution in [1.82, 2.24) is 0 Å². The van der Waals surface area contributed by atoms with Crippen molar-refractivity contribution in [3.05, 3.63) is 47.0 Å². The molecule has 0 aliphatic carbocycles. The first kappa shape index (κ1) is 26.2. The molecule has 1 N–H and O–H groups in total. The molecule has 178 valence electrons. The zero-order valence-electron chi connectivity index (χ0n) is 21.0. The highest BCUT2D eigenvalue weighted by molar-refractivity contribution is 5.70. The molecule has 4 heteroatoms. The van der Waals surface area contributed by atoms with Gasteiger partial charge in [-0.05, 0) is 66.0 Å². The van der Waals surface area contributed by atoms with Crippen LogP contribution in [-0.2, 0) is 10.8 Å². The summed E-state index contributed by atoms with van der Waals surface area (Å²) in [6.07, 6.45) is 4.89. The van der Waals surface area contributed by atoms with Crippen LogP contribution in [0.3, 0.4) is 0 Å². The Labute approximate surface area is 193 Å². The fourth-order valence-electron chi connectivity index (χ4n) is 3.90. The van der Waals surface area contributed by atoms with Gasteiger partial charge in [0.05, 0.1) is 6.10 Å². The molecule has 2 aromatic rings. The third kappa shape index (κ3) is 6.46. The van der Waals surface area contributed by atoms with Crippen LogP contribution in [0.1, 0.15) is 98.6 Å². The highest BCUT2D eigenvalue weighted by Crippen LogP contribution is 2.42. The number of rotatable bonds is 8. The van der Waals surface area contributed by atoms with Crippen molar-refractivity contribution in [3.8, 4) is 22.6 Å². The molecule has 2 nitrogen and oxygen atoms in total. The van der Waals surface area contributed by atoms with Crippen molar-refractivity contribution in [1.29, 1.82) is 0 Å². The Balaban J connectivity index is 2.43. The van der Waals surface area contributed by atoms with Gasteiger partial charge in [0, 0.05) is 11.1 Å². The number of hydrogen-bond donors (Lipinski definition) is 1. The molecule has 0 aliphatic heterocycles. The van der Waals surface area contributed by atoms with Gasteiger partial charge >= 0.3 is 0 Å². The van der Waals surface area contributed by atoms with E-state index in [0.29, 0.717) is 11.1 Å². The Morgan fingerprint density at radius 2 is 1.28 bits per heavy atom. The lowest BCUT2D eigenvalue weighted by molar-refractivity contribution is 0.188. The molecular formula is C28H40F2O2. The summed E-state index contributed by atoms with van der Waals surface area (Å²) in [7, 11) is 0. The topological polar surface area (TPSA) is 29.5 Å². The maximum Gasteiger partial charge on any atom is 0.191 e. The number of phenolic OH excluding ortho intramolecular Hbond substituents is 1. The molecule has 0 bridgehead atoms. The Morgan fingerprint density at radius 1 is 0.812 bits per heavy atom. The van der Waals surface area contributed by atoms with Crippen LogP contribution >= 0.6 is 0 Å². The number of ether oxygens (including phenoxy) is 1. The average Bonchev–Trinajstić information content (AvgIpc) is 2.66.